The molecule has 3 heterocycles. The van der Waals surface area contributed by atoms with Gasteiger partial charge in [-0.1, -0.05) is 0 Å². The maximum atomic E-state index is 13.6. The molecule has 2 aromatic rings. The number of carbonyl (C=O) groups is 5. The normalized spacial score (nSPS) is 17.5. The van der Waals surface area contributed by atoms with Gasteiger partial charge in [0.15, 0.2) is 0 Å². The molecule has 3 rings (SSSR count). The number of likely N-dealkylation sites (tertiary alicyclic amines) is 1. The summed E-state index contributed by atoms with van der Waals surface area (Å²) in [5.41, 5.74) is 12.3. The fraction of sp³-hybridized carbons (Fsp3) is 0.577. The number of nitrogens with one attached hydrogen (secondary N) is 5. The summed E-state index contributed by atoms with van der Waals surface area (Å²) in [5, 5.41) is 26.8. The van der Waals surface area contributed by atoms with Crippen molar-refractivity contribution in [1.82, 2.24) is 40.8 Å². The second kappa shape index (κ2) is 16.3. The van der Waals surface area contributed by atoms with E-state index in [4.69, 9.17) is 11.5 Å². The maximum Gasteiger partial charge on any atom is 0.326 e. The van der Waals surface area contributed by atoms with Crippen molar-refractivity contribution in [3.63, 3.8) is 0 Å². The Morgan fingerprint density at radius 2 is 1.56 bits per heavy atom. The Bertz CT molecular complexity index is 1210. The van der Waals surface area contributed by atoms with Gasteiger partial charge in [-0.05, 0) is 38.6 Å². The van der Waals surface area contributed by atoms with Crippen LogP contribution in [0.25, 0.3) is 0 Å². The standard InChI is InChI=1S/C26H40N10O7/c27-6-2-1-4-18(22(38)35-20(26(42)43)9-16-11-30-14-32-16)33-23(39)19(8-15-10-29-13-31-15)34-24(40)21-5-3-7-36(21)25(41)17(28)12-37/h10-11,13-14,17-21,37H,1-9,12,27-28H2,(H,29,31)(H,30,32)(H,33,39)(H,34,40)(H,35,38)(H,42,43)/t17-,18-,19-,20-,21-/m0/s1. The SMILES string of the molecule is NCCCC[C@H](NC(=O)[C@H](Cc1cnc[nH]1)NC(=O)[C@@H]1CCCN1C(=O)[C@@H](N)CO)C(=O)N[C@@H](Cc1cnc[nH]1)C(=O)O. The highest BCUT2D eigenvalue weighted by atomic mass is 16.4. The number of hydrogen-bond donors (Lipinski definition) is 9. The van der Waals surface area contributed by atoms with Crippen LogP contribution in [-0.2, 0) is 36.8 Å². The second-order valence-electron chi connectivity index (χ2n) is 10.3. The zero-order valence-corrected chi connectivity index (χ0v) is 23.7. The Balaban J connectivity index is 1.76. The molecule has 0 aliphatic carbocycles. The summed E-state index contributed by atoms with van der Waals surface area (Å²) in [6.45, 7) is 0.0520. The summed E-state index contributed by atoms with van der Waals surface area (Å²) in [6, 6.07) is -5.67. The van der Waals surface area contributed by atoms with Crippen LogP contribution in [-0.4, -0.2) is 115 Å². The van der Waals surface area contributed by atoms with Crippen LogP contribution in [0.2, 0.25) is 0 Å². The van der Waals surface area contributed by atoms with Gasteiger partial charge in [0.1, 0.15) is 30.2 Å². The number of hydrogen-bond acceptors (Lipinski definition) is 10. The lowest BCUT2D eigenvalue weighted by molar-refractivity contribution is -0.142. The maximum absolute atomic E-state index is 13.6. The van der Waals surface area contributed by atoms with Crippen molar-refractivity contribution < 1.29 is 34.2 Å². The minimum absolute atomic E-state index is 0.0108. The molecule has 11 N–H and O–H groups in total. The fourth-order valence-electron chi connectivity index (χ4n) is 4.81. The quantitative estimate of drug-likeness (QED) is 0.0815. The highest BCUT2D eigenvalue weighted by Crippen LogP contribution is 2.19. The average Bonchev–Trinajstić information content (AvgIpc) is 3.78. The van der Waals surface area contributed by atoms with E-state index in [9.17, 15) is 34.2 Å². The third kappa shape index (κ3) is 9.59. The van der Waals surface area contributed by atoms with E-state index in [1.807, 2.05) is 0 Å². The molecule has 0 unspecified atom stereocenters. The topological polar surface area (TPSA) is 275 Å². The van der Waals surface area contributed by atoms with Gasteiger partial charge in [-0.25, -0.2) is 14.8 Å². The van der Waals surface area contributed by atoms with Crippen LogP contribution in [0, 0.1) is 0 Å². The molecule has 4 amide bonds. The Labute approximate surface area is 247 Å². The van der Waals surface area contributed by atoms with Crippen molar-refractivity contribution in [3.05, 3.63) is 36.4 Å². The highest BCUT2D eigenvalue weighted by molar-refractivity contribution is 5.95. The van der Waals surface area contributed by atoms with E-state index >= 15 is 0 Å². The van der Waals surface area contributed by atoms with Gasteiger partial charge in [0.05, 0.1) is 19.3 Å². The van der Waals surface area contributed by atoms with Crippen molar-refractivity contribution >= 4 is 29.6 Å². The van der Waals surface area contributed by atoms with E-state index in [0.29, 0.717) is 43.6 Å². The molecule has 1 fully saturated rings. The van der Waals surface area contributed by atoms with Gasteiger partial charge in [-0.3, -0.25) is 19.2 Å². The van der Waals surface area contributed by atoms with Gasteiger partial charge in [0.2, 0.25) is 23.6 Å². The van der Waals surface area contributed by atoms with E-state index in [-0.39, 0.29) is 25.8 Å². The zero-order valence-electron chi connectivity index (χ0n) is 23.7. The summed E-state index contributed by atoms with van der Waals surface area (Å²) < 4.78 is 0. The van der Waals surface area contributed by atoms with E-state index in [1.54, 1.807) is 0 Å². The number of carboxylic acid groups (broad SMARTS) is 1. The minimum Gasteiger partial charge on any atom is -0.480 e. The van der Waals surface area contributed by atoms with Gasteiger partial charge >= 0.3 is 5.97 Å². The van der Waals surface area contributed by atoms with Crippen LogP contribution in [0.15, 0.2) is 25.0 Å². The summed E-state index contributed by atoms with van der Waals surface area (Å²) in [7, 11) is 0. The number of amides is 4. The van der Waals surface area contributed by atoms with E-state index in [1.165, 1.54) is 29.9 Å². The number of aromatic nitrogens is 4. The zero-order chi connectivity index (χ0) is 31.4. The molecule has 1 aliphatic rings. The van der Waals surface area contributed by atoms with Gasteiger partial charge < -0.3 is 52.5 Å². The number of nitrogens with two attached hydrogens (primary N) is 2. The second-order valence-corrected chi connectivity index (χ2v) is 10.3. The first kappa shape index (κ1) is 33.2. The number of aliphatic hydroxyl groups is 1. The number of aliphatic carboxylic acids is 1. The Kier molecular flexibility index (Phi) is 12.6. The van der Waals surface area contributed by atoms with E-state index < -0.39 is 66.4 Å². The van der Waals surface area contributed by atoms with Crippen LogP contribution in [0.1, 0.15) is 43.5 Å². The minimum atomic E-state index is -1.29. The highest BCUT2D eigenvalue weighted by Gasteiger charge is 2.38. The lowest BCUT2D eigenvalue weighted by Crippen LogP contribution is -2.59. The number of carboxylic acids is 1. The Morgan fingerprint density at radius 1 is 0.953 bits per heavy atom. The van der Waals surface area contributed by atoms with E-state index in [2.05, 4.69) is 35.9 Å². The van der Waals surface area contributed by atoms with Crippen molar-refractivity contribution in [3.8, 4) is 0 Å². The van der Waals surface area contributed by atoms with Crippen LogP contribution >= 0.6 is 0 Å². The smallest absolute Gasteiger partial charge is 0.326 e. The lowest BCUT2D eigenvalue weighted by Gasteiger charge is -2.28. The number of aromatic amines is 2. The molecule has 0 saturated carbocycles. The molecular formula is C26H40N10O7. The number of unbranched alkanes of at least 4 members (excludes halogenated alkanes) is 1. The molecule has 0 radical (unpaired) electrons. The first-order valence-corrected chi connectivity index (χ1v) is 14.1. The third-order valence-electron chi connectivity index (χ3n) is 7.14. The predicted molar refractivity (Wildman–Crippen MR) is 151 cm³/mol. The van der Waals surface area contributed by atoms with Crippen molar-refractivity contribution in [1.29, 1.82) is 0 Å². The van der Waals surface area contributed by atoms with Gasteiger partial charge in [-0.2, -0.15) is 0 Å². The molecule has 17 nitrogen and oxygen atoms in total. The number of H-pyrrole nitrogens is 2. The molecular weight excluding hydrogens is 564 g/mol. The molecule has 0 aromatic carbocycles. The van der Waals surface area contributed by atoms with Crippen LogP contribution in [0.3, 0.4) is 0 Å². The number of nitrogens with zero attached hydrogens (tertiary/aromatic N) is 3. The molecule has 0 spiro atoms. The largest absolute Gasteiger partial charge is 0.480 e. The van der Waals surface area contributed by atoms with Gasteiger partial charge in [0.25, 0.3) is 0 Å². The molecule has 236 valence electrons. The molecule has 1 saturated heterocycles. The molecule has 1 aliphatic heterocycles. The number of aliphatic hydroxyl groups excluding tert-OH is 1. The molecule has 43 heavy (non-hydrogen) atoms. The van der Waals surface area contributed by atoms with E-state index in [0.717, 1.165) is 0 Å². The summed E-state index contributed by atoms with van der Waals surface area (Å²) in [6.07, 6.45) is 7.73. The summed E-state index contributed by atoms with van der Waals surface area (Å²) in [5.74, 6) is -3.84. The van der Waals surface area contributed by atoms with Gasteiger partial charge in [0, 0.05) is 43.2 Å². The van der Waals surface area contributed by atoms with Crippen LogP contribution in [0.4, 0.5) is 0 Å². The van der Waals surface area contributed by atoms with Crippen molar-refractivity contribution in [2.75, 3.05) is 19.7 Å². The molecule has 0 bridgehead atoms. The fourth-order valence-corrected chi connectivity index (χ4v) is 4.81. The monoisotopic (exact) mass is 604 g/mol. The molecule has 5 atom stereocenters. The molecule has 2 aromatic heterocycles. The lowest BCUT2D eigenvalue weighted by atomic mass is 10.0. The first-order chi connectivity index (χ1) is 20.6. The summed E-state index contributed by atoms with van der Waals surface area (Å²) in [4.78, 5) is 79.4. The van der Waals surface area contributed by atoms with Gasteiger partial charge in [-0.15, -0.1) is 0 Å². The Hall–Kier alpha value is -4.35. The van der Waals surface area contributed by atoms with Crippen molar-refractivity contribution in [2.24, 2.45) is 11.5 Å². The third-order valence-corrected chi connectivity index (χ3v) is 7.14. The average molecular weight is 605 g/mol. The Morgan fingerprint density at radius 3 is 2.12 bits per heavy atom. The summed E-state index contributed by atoms with van der Waals surface area (Å²) >= 11 is 0. The molecule has 17 heteroatoms. The number of rotatable bonds is 17. The number of imidazole rings is 2. The van der Waals surface area contributed by atoms with Crippen molar-refractivity contribution in [2.45, 2.75) is 75.2 Å². The van der Waals surface area contributed by atoms with Crippen LogP contribution in [0.5, 0.6) is 0 Å². The number of carbonyl (C=O) groups excluding carboxylic acids is 4. The first-order valence-electron chi connectivity index (χ1n) is 14.1. The van der Waals surface area contributed by atoms with Crippen LogP contribution < -0.4 is 27.4 Å². The predicted octanol–water partition coefficient (Wildman–Crippen LogP) is -3.10.